The number of piperidine rings is 1. The number of ether oxygens (including phenoxy) is 1. The fraction of sp³-hybridized carbons (Fsp3) is 0.533. The smallest absolute Gasteiger partial charge is 0.337 e. The average Bonchev–Trinajstić information content (AvgIpc) is 2.40. The minimum Gasteiger partial charge on any atom is -0.493 e. The average molecular weight is 278 g/mol. The normalized spacial score (nSPS) is 19.8. The quantitative estimate of drug-likeness (QED) is 0.808. The molecule has 1 heterocycles. The Morgan fingerprint density at radius 2 is 2.30 bits per heavy atom. The van der Waals surface area contributed by atoms with Crippen LogP contribution in [0, 0.1) is 0 Å². The lowest BCUT2D eigenvalue weighted by molar-refractivity contribution is 0.0698. The zero-order valence-electron chi connectivity index (χ0n) is 11.8. The van der Waals surface area contributed by atoms with Crippen LogP contribution in [0.1, 0.15) is 36.0 Å². The van der Waals surface area contributed by atoms with Gasteiger partial charge in [0.05, 0.1) is 12.2 Å². The highest BCUT2D eigenvalue weighted by atomic mass is 16.5. The van der Waals surface area contributed by atoms with Crippen LogP contribution in [0.2, 0.25) is 0 Å². The maximum absolute atomic E-state index is 10.9. The van der Waals surface area contributed by atoms with Gasteiger partial charge in [-0.05, 0) is 45.0 Å². The lowest BCUT2D eigenvalue weighted by Gasteiger charge is -2.32. The number of carboxylic acid groups (broad SMARTS) is 1. The number of hydrogen-bond donors (Lipinski definition) is 2. The molecule has 1 saturated heterocycles. The van der Waals surface area contributed by atoms with E-state index in [0.717, 1.165) is 13.0 Å². The molecule has 5 heteroatoms. The fourth-order valence-corrected chi connectivity index (χ4v) is 2.65. The zero-order chi connectivity index (χ0) is 14.5. The van der Waals surface area contributed by atoms with Gasteiger partial charge in [0.1, 0.15) is 5.75 Å². The molecule has 2 rings (SSSR count). The monoisotopic (exact) mass is 278 g/mol. The highest BCUT2D eigenvalue weighted by Crippen LogP contribution is 2.22. The van der Waals surface area contributed by atoms with Gasteiger partial charge >= 0.3 is 5.97 Å². The number of nitrogens with zero attached hydrogens (tertiary/aromatic N) is 1. The topological polar surface area (TPSA) is 75.8 Å². The highest BCUT2D eigenvalue weighted by molar-refractivity contribution is 5.93. The SMILES string of the molecule is CN1CCCCC1CCOc1ccc(C(=O)O)c(N)c1. The van der Waals surface area contributed by atoms with E-state index in [2.05, 4.69) is 11.9 Å². The molecular weight excluding hydrogens is 256 g/mol. The maximum Gasteiger partial charge on any atom is 0.337 e. The molecule has 110 valence electrons. The summed E-state index contributed by atoms with van der Waals surface area (Å²) in [7, 11) is 2.16. The molecule has 1 fully saturated rings. The first kappa shape index (κ1) is 14.7. The molecule has 1 aliphatic heterocycles. The van der Waals surface area contributed by atoms with Crippen molar-refractivity contribution in [2.24, 2.45) is 0 Å². The van der Waals surface area contributed by atoms with Gasteiger partial charge in [-0.25, -0.2) is 4.79 Å². The Morgan fingerprint density at radius 1 is 1.50 bits per heavy atom. The van der Waals surface area contributed by atoms with Gasteiger partial charge in [-0.15, -0.1) is 0 Å². The Balaban J connectivity index is 1.85. The molecule has 5 nitrogen and oxygen atoms in total. The van der Waals surface area contributed by atoms with Crippen molar-refractivity contribution < 1.29 is 14.6 Å². The van der Waals surface area contributed by atoms with Crippen LogP contribution in [0.4, 0.5) is 5.69 Å². The van der Waals surface area contributed by atoms with E-state index < -0.39 is 5.97 Å². The van der Waals surface area contributed by atoms with E-state index in [1.807, 2.05) is 0 Å². The van der Waals surface area contributed by atoms with Gasteiger partial charge in [-0.3, -0.25) is 0 Å². The van der Waals surface area contributed by atoms with Crippen LogP contribution in [0.5, 0.6) is 5.75 Å². The minimum atomic E-state index is -1.02. The zero-order valence-corrected chi connectivity index (χ0v) is 11.8. The molecule has 0 aromatic heterocycles. The summed E-state index contributed by atoms with van der Waals surface area (Å²) in [6.45, 7) is 1.78. The summed E-state index contributed by atoms with van der Waals surface area (Å²) in [5.74, 6) is -0.385. The van der Waals surface area contributed by atoms with E-state index in [1.165, 1.54) is 25.3 Å². The van der Waals surface area contributed by atoms with Gasteiger partial charge in [0.25, 0.3) is 0 Å². The molecule has 0 saturated carbocycles. The Kier molecular flexibility index (Phi) is 4.84. The number of nitrogens with two attached hydrogens (primary N) is 1. The lowest BCUT2D eigenvalue weighted by Crippen LogP contribution is -2.37. The molecule has 1 aliphatic rings. The van der Waals surface area contributed by atoms with Gasteiger partial charge in [0.2, 0.25) is 0 Å². The molecule has 20 heavy (non-hydrogen) atoms. The number of aromatic carboxylic acids is 1. The number of nitrogen functional groups attached to an aromatic ring is 1. The second-order valence-electron chi connectivity index (χ2n) is 5.32. The maximum atomic E-state index is 10.9. The van der Waals surface area contributed by atoms with E-state index >= 15 is 0 Å². The number of anilines is 1. The third-order valence-electron chi connectivity index (χ3n) is 3.89. The summed E-state index contributed by atoms with van der Waals surface area (Å²) in [4.78, 5) is 13.2. The van der Waals surface area contributed by atoms with Gasteiger partial charge < -0.3 is 20.5 Å². The van der Waals surface area contributed by atoms with Crippen LogP contribution in [0.25, 0.3) is 0 Å². The van der Waals surface area contributed by atoms with E-state index in [1.54, 1.807) is 12.1 Å². The Labute approximate surface area is 119 Å². The number of benzene rings is 1. The van der Waals surface area contributed by atoms with Crippen LogP contribution in [0.15, 0.2) is 18.2 Å². The first-order valence-electron chi connectivity index (χ1n) is 7.04. The summed E-state index contributed by atoms with van der Waals surface area (Å²) in [5.41, 5.74) is 6.05. The largest absolute Gasteiger partial charge is 0.493 e. The predicted octanol–water partition coefficient (Wildman–Crippen LogP) is 2.22. The number of carboxylic acids is 1. The van der Waals surface area contributed by atoms with Crippen molar-refractivity contribution in [1.82, 2.24) is 4.90 Å². The van der Waals surface area contributed by atoms with E-state index in [9.17, 15) is 4.79 Å². The van der Waals surface area contributed by atoms with Crippen molar-refractivity contribution in [3.05, 3.63) is 23.8 Å². The van der Waals surface area contributed by atoms with Gasteiger partial charge in [0.15, 0.2) is 0 Å². The number of likely N-dealkylation sites (tertiary alicyclic amines) is 1. The second-order valence-corrected chi connectivity index (χ2v) is 5.32. The predicted molar refractivity (Wildman–Crippen MR) is 78.2 cm³/mol. The molecule has 0 radical (unpaired) electrons. The van der Waals surface area contributed by atoms with Crippen molar-refractivity contribution in [1.29, 1.82) is 0 Å². The first-order valence-corrected chi connectivity index (χ1v) is 7.04. The van der Waals surface area contributed by atoms with Crippen LogP contribution in [0.3, 0.4) is 0 Å². The molecule has 0 spiro atoms. The van der Waals surface area contributed by atoms with Crippen LogP contribution < -0.4 is 10.5 Å². The Bertz CT molecular complexity index is 476. The molecule has 0 amide bonds. The number of carbonyl (C=O) groups is 1. The molecule has 0 aliphatic carbocycles. The molecule has 1 unspecified atom stereocenters. The Hall–Kier alpha value is -1.75. The Morgan fingerprint density at radius 3 is 2.95 bits per heavy atom. The first-order chi connectivity index (χ1) is 9.58. The third kappa shape index (κ3) is 3.63. The standard InChI is InChI=1S/C15H22N2O3/c1-17-8-3-2-4-11(17)7-9-20-12-5-6-13(15(18)19)14(16)10-12/h5-6,10-11H,2-4,7-9,16H2,1H3,(H,18,19). The van der Waals surface area contributed by atoms with Crippen molar-refractivity contribution >= 4 is 11.7 Å². The van der Waals surface area contributed by atoms with Crippen LogP contribution in [-0.4, -0.2) is 42.2 Å². The highest BCUT2D eigenvalue weighted by Gasteiger charge is 2.18. The summed E-state index contributed by atoms with van der Waals surface area (Å²) in [5, 5.41) is 8.91. The molecule has 1 aromatic rings. The van der Waals surface area contributed by atoms with E-state index in [4.69, 9.17) is 15.6 Å². The molecule has 0 bridgehead atoms. The summed E-state index contributed by atoms with van der Waals surface area (Å²) in [6, 6.07) is 5.30. The summed E-state index contributed by atoms with van der Waals surface area (Å²) in [6.07, 6.45) is 4.77. The third-order valence-corrected chi connectivity index (χ3v) is 3.89. The van der Waals surface area contributed by atoms with E-state index in [0.29, 0.717) is 18.4 Å². The molecule has 3 N–H and O–H groups in total. The van der Waals surface area contributed by atoms with Crippen molar-refractivity contribution in [2.75, 3.05) is 25.9 Å². The molecule has 1 aromatic carbocycles. The van der Waals surface area contributed by atoms with Crippen molar-refractivity contribution in [3.8, 4) is 5.75 Å². The van der Waals surface area contributed by atoms with Gasteiger partial charge in [0, 0.05) is 17.8 Å². The molecule has 1 atom stereocenters. The van der Waals surface area contributed by atoms with Crippen molar-refractivity contribution in [3.63, 3.8) is 0 Å². The van der Waals surface area contributed by atoms with Crippen molar-refractivity contribution in [2.45, 2.75) is 31.7 Å². The van der Waals surface area contributed by atoms with Crippen LogP contribution >= 0.6 is 0 Å². The summed E-state index contributed by atoms with van der Waals surface area (Å²) < 4.78 is 5.67. The lowest BCUT2D eigenvalue weighted by atomic mass is 10.0. The number of hydrogen-bond acceptors (Lipinski definition) is 4. The second kappa shape index (κ2) is 6.61. The van der Waals surface area contributed by atoms with Crippen LogP contribution in [-0.2, 0) is 0 Å². The van der Waals surface area contributed by atoms with Gasteiger partial charge in [-0.1, -0.05) is 6.42 Å². The number of rotatable bonds is 5. The van der Waals surface area contributed by atoms with Gasteiger partial charge in [-0.2, -0.15) is 0 Å². The van der Waals surface area contributed by atoms with E-state index in [-0.39, 0.29) is 11.3 Å². The molecular formula is C15H22N2O3. The fourth-order valence-electron chi connectivity index (χ4n) is 2.65. The minimum absolute atomic E-state index is 0.115. The summed E-state index contributed by atoms with van der Waals surface area (Å²) >= 11 is 0.